The van der Waals surface area contributed by atoms with Gasteiger partial charge in [-0.25, -0.2) is 0 Å². The summed E-state index contributed by atoms with van der Waals surface area (Å²) >= 11 is 1.42. The van der Waals surface area contributed by atoms with E-state index in [4.69, 9.17) is 9.84 Å². The van der Waals surface area contributed by atoms with Crippen LogP contribution >= 0.6 is 11.8 Å². The Morgan fingerprint density at radius 2 is 1.95 bits per heavy atom. The molecule has 0 aromatic heterocycles. The second-order valence-electron chi connectivity index (χ2n) is 4.69. The molecule has 0 aliphatic rings. The van der Waals surface area contributed by atoms with E-state index in [0.29, 0.717) is 11.5 Å². The van der Waals surface area contributed by atoms with Crippen LogP contribution in [0.15, 0.2) is 42.5 Å². The third-order valence-corrected chi connectivity index (χ3v) is 4.05. The van der Waals surface area contributed by atoms with E-state index in [0.717, 1.165) is 16.5 Å². The number of thioether (sulfide) groups is 1. The largest absolute Gasteiger partial charge is 0.491 e. The molecule has 2 aromatic carbocycles. The Morgan fingerprint density at radius 3 is 2.71 bits per heavy atom. The van der Waals surface area contributed by atoms with E-state index in [1.807, 2.05) is 42.5 Å². The van der Waals surface area contributed by atoms with Crippen LogP contribution < -0.4 is 4.74 Å². The summed E-state index contributed by atoms with van der Waals surface area (Å²) in [5, 5.41) is 20.6. The van der Waals surface area contributed by atoms with Gasteiger partial charge in [-0.3, -0.25) is 4.79 Å². The summed E-state index contributed by atoms with van der Waals surface area (Å²) in [7, 11) is 0. The fourth-order valence-corrected chi connectivity index (χ4v) is 2.73. The Balaban J connectivity index is 1.77. The van der Waals surface area contributed by atoms with Crippen molar-refractivity contribution in [2.45, 2.75) is 12.5 Å². The number of rotatable bonds is 8. The highest BCUT2D eigenvalue weighted by molar-refractivity contribution is 7.99. The predicted molar refractivity (Wildman–Crippen MR) is 85.0 cm³/mol. The number of carbonyl (C=O) groups is 1. The van der Waals surface area contributed by atoms with Gasteiger partial charge in [-0.1, -0.05) is 30.3 Å². The molecule has 0 saturated carbocycles. The molecular formula is C16H18O4S. The summed E-state index contributed by atoms with van der Waals surface area (Å²) in [5.41, 5.74) is 0. The van der Waals surface area contributed by atoms with Gasteiger partial charge in [0.2, 0.25) is 0 Å². The molecule has 5 heteroatoms. The summed E-state index contributed by atoms with van der Waals surface area (Å²) < 4.78 is 5.57. The average molecular weight is 306 g/mol. The Morgan fingerprint density at radius 1 is 1.19 bits per heavy atom. The highest BCUT2D eigenvalue weighted by atomic mass is 32.2. The maximum absolute atomic E-state index is 10.4. The van der Waals surface area contributed by atoms with Crippen LogP contribution in [0.25, 0.3) is 10.8 Å². The zero-order valence-electron chi connectivity index (χ0n) is 11.6. The maximum atomic E-state index is 10.4. The van der Waals surface area contributed by atoms with Crippen molar-refractivity contribution in [1.29, 1.82) is 0 Å². The van der Waals surface area contributed by atoms with Gasteiger partial charge in [0, 0.05) is 11.5 Å². The molecule has 0 saturated heterocycles. The molecular weight excluding hydrogens is 288 g/mol. The highest BCUT2D eigenvalue weighted by Gasteiger charge is 2.07. The van der Waals surface area contributed by atoms with E-state index < -0.39 is 12.1 Å². The number of hydrogen-bond donors (Lipinski definition) is 2. The van der Waals surface area contributed by atoms with E-state index in [-0.39, 0.29) is 13.0 Å². The molecule has 0 spiro atoms. The second kappa shape index (κ2) is 7.90. The van der Waals surface area contributed by atoms with Crippen molar-refractivity contribution in [3.05, 3.63) is 42.5 Å². The minimum Gasteiger partial charge on any atom is -0.491 e. The molecule has 1 unspecified atom stereocenters. The lowest BCUT2D eigenvalue weighted by atomic mass is 10.1. The SMILES string of the molecule is O=C(O)CCSCC(O)COc1ccc2ccccc2c1. The van der Waals surface area contributed by atoms with Crippen LogP contribution in [0.5, 0.6) is 5.75 Å². The first-order chi connectivity index (χ1) is 10.1. The monoisotopic (exact) mass is 306 g/mol. The summed E-state index contributed by atoms with van der Waals surface area (Å²) in [5.74, 6) is 0.885. The van der Waals surface area contributed by atoms with Crippen molar-refractivity contribution < 1.29 is 19.7 Å². The van der Waals surface area contributed by atoms with Gasteiger partial charge in [-0.2, -0.15) is 11.8 Å². The first-order valence-corrected chi connectivity index (χ1v) is 7.90. The second-order valence-corrected chi connectivity index (χ2v) is 5.84. The molecule has 2 N–H and O–H groups in total. The zero-order valence-corrected chi connectivity index (χ0v) is 12.4. The Bertz CT molecular complexity index is 600. The summed E-state index contributed by atoms with van der Waals surface area (Å²) in [6, 6.07) is 13.8. The smallest absolute Gasteiger partial charge is 0.304 e. The topological polar surface area (TPSA) is 66.8 Å². The lowest BCUT2D eigenvalue weighted by molar-refractivity contribution is -0.136. The number of aliphatic hydroxyl groups excluding tert-OH is 1. The minimum absolute atomic E-state index is 0.114. The van der Waals surface area contributed by atoms with Crippen LogP contribution in [0.3, 0.4) is 0 Å². The number of carboxylic acid groups (broad SMARTS) is 1. The summed E-state index contributed by atoms with van der Waals surface area (Å²) in [4.78, 5) is 10.4. The third kappa shape index (κ3) is 5.28. The van der Waals surface area contributed by atoms with Gasteiger partial charge in [0.25, 0.3) is 0 Å². The first-order valence-electron chi connectivity index (χ1n) is 6.74. The van der Waals surface area contributed by atoms with E-state index in [1.165, 1.54) is 11.8 Å². The number of aliphatic hydroxyl groups is 1. The molecule has 0 bridgehead atoms. The van der Waals surface area contributed by atoms with Crippen LogP contribution in [-0.2, 0) is 4.79 Å². The van der Waals surface area contributed by atoms with Crippen LogP contribution in [0.1, 0.15) is 6.42 Å². The van der Waals surface area contributed by atoms with Crippen molar-refractivity contribution in [2.24, 2.45) is 0 Å². The number of aliphatic carboxylic acids is 1. The van der Waals surface area contributed by atoms with E-state index in [9.17, 15) is 9.90 Å². The van der Waals surface area contributed by atoms with Gasteiger partial charge in [0.05, 0.1) is 12.5 Å². The number of carboxylic acids is 1. The van der Waals surface area contributed by atoms with Crippen molar-refractivity contribution in [1.82, 2.24) is 0 Å². The standard InChI is InChI=1S/C16H18O4S/c17-14(11-21-8-7-16(18)19)10-20-15-6-5-12-3-1-2-4-13(12)9-15/h1-6,9,14,17H,7-8,10-11H2,(H,18,19). The van der Waals surface area contributed by atoms with Gasteiger partial charge in [0.1, 0.15) is 12.4 Å². The molecule has 4 nitrogen and oxygen atoms in total. The van der Waals surface area contributed by atoms with E-state index in [1.54, 1.807) is 0 Å². The Kier molecular flexibility index (Phi) is 5.90. The quantitative estimate of drug-likeness (QED) is 0.734. The molecule has 0 fully saturated rings. The Hall–Kier alpha value is -1.72. The van der Waals surface area contributed by atoms with Gasteiger partial charge in [-0.05, 0) is 22.9 Å². The highest BCUT2D eigenvalue weighted by Crippen LogP contribution is 2.20. The molecule has 0 radical (unpaired) electrons. The molecule has 112 valence electrons. The number of hydrogen-bond acceptors (Lipinski definition) is 4. The molecule has 2 rings (SSSR count). The fourth-order valence-electron chi connectivity index (χ4n) is 1.88. The average Bonchev–Trinajstić information content (AvgIpc) is 2.49. The van der Waals surface area contributed by atoms with Crippen LogP contribution in [-0.4, -0.2) is 40.4 Å². The van der Waals surface area contributed by atoms with Crippen LogP contribution in [0.4, 0.5) is 0 Å². The molecule has 0 aliphatic carbocycles. The summed E-state index contributed by atoms with van der Waals surface area (Å²) in [6.07, 6.45) is -0.488. The van der Waals surface area contributed by atoms with Gasteiger partial charge >= 0.3 is 5.97 Å². The fraction of sp³-hybridized carbons (Fsp3) is 0.312. The third-order valence-electron chi connectivity index (χ3n) is 2.93. The number of benzene rings is 2. The van der Waals surface area contributed by atoms with Crippen LogP contribution in [0, 0.1) is 0 Å². The van der Waals surface area contributed by atoms with Crippen LogP contribution in [0.2, 0.25) is 0 Å². The van der Waals surface area contributed by atoms with Gasteiger partial charge < -0.3 is 14.9 Å². The molecule has 1 atom stereocenters. The number of ether oxygens (including phenoxy) is 1. The molecule has 0 heterocycles. The van der Waals surface area contributed by atoms with Gasteiger partial charge in [0.15, 0.2) is 0 Å². The first kappa shape index (κ1) is 15.7. The van der Waals surface area contributed by atoms with E-state index >= 15 is 0 Å². The normalized spacial score (nSPS) is 12.2. The molecule has 2 aromatic rings. The lowest BCUT2D eigenvalue weighted by Crippen LogP contribution is -2.20. The molecule has 21 heavy (non-hydrogen) atoms. The van der Waals surface area contributed by atoms with Crippen molar-refractivity contribution >= 4 is 28.5 Å². The van der Waals surface area contributed by atoms with E-state index in [2.05, 4.69) is 0 Å². The van der Waals surface area contributed by atoms with Crippen molar-refractivity contribution in [2.75, 3.05) is 18.1 Å². The van der Waals surface area contributed by atoms with Gasteiger partial charge in [-0.15, -0.1) is 0 Å². The zero-order chi connectivity index (χ0) is 15.1. The number of fused-ring (bicyclic) bond motifs is 1. The van der Waals surface area contributed by atoms with Crippen molar-refractivity contribution in [3.63, 3.8) is 0 Å². The molecule has 0 amide bonds. The predicted octanol–water partition coefficient (Wildman–Crippen LogP) is 2.79. The summed E-state index contributed by atoms with van der Waals surface area (Å²) in [6.45, 7) is 0.207. The molecule has 0 aliphatic heterocycles. The Labute approximate surface area is 127 Å². The van der Waals surface area contributed by atoms with Crippen molar-refractivity contribution in [3.8, 4) is 5.75 Å². The minimum atomic E-state index is -0.815. The lowest BCUT2D eigenvalue weighted by Gasteiger charge is -2.12. The maximum Gasteiger partial charge on any atom is 0.304 e.